The standard InChI is InChI=1S/C23H20N8O2/c32-31(33)20-13-11-18(12-14-20)16-25-30-23-28-21(24-15-17-7-3-1-4-8-17)27-22(29-23)26-19-9-5-2-6-10-19/h1-14,16H,15H2,(H3,24,26,27,28,29,30). The summed E-state index contributed by atoms with van der Waals surface area (Å²) in [6.45, 7) is 0.543. The van der Waals surface area contributed by atoms with Gasteiger partial charge in [-0.1, -0.05) is 48.5 Å². The zero-order valence-electron chi connectivity index (χ0n) is 17.4. The molecular weight excluding hydrogens is 420 g/mol. The number of nitro groups is 1. The van der Waals surface area contributed by atoms with Crippen LogP contribution in [0.25, 0.3) is 0 Å². The summed E-state index contributed by atoms with van der Waals surface area (Å²) in [6.07, 6.45) is 1.52. The molecule has 0 saturated heterocycles. The van der Waals surface area contributed by atoms with Crippen molar-refractivity contribution < 1.29 is 4.92 Å². The molecule has 0 aliphatic rings. The Morgan fingerprint density at radius 3 is 2.15 bits per heavy atom. The van der Waals surface area contributed by atoms with Gasteiger partial charge in [-0.2, -0.15) is 20.1 Å². The summed E-state index contributed by atoms with van der Waals surface area (Å²) in [5.41, 5.74) is 5.41. The second-order valence-electron chi connectivity index (χ2n) is 6.86. The van der Waals surface area contributed by atoms with E-state index in [1.807, 2.05) is 60.7 Å². The van der Waals surface area contributed by atoms with Gasteiger partial charge in [0.15, 0.2) is 0 Å². The van der Waals surface area contributed by atoms with E-state index in [4.69, 9.17) is 0 Å². The lowest BCUT2D eigenvalue weighted by molar-refractivity contribution is -0.384. The van der Waals surface area contributed by atoms with Crippen LogP contribution in [0.15, 0.2) is 90.0 Å². The number of hydrazone groups is 1. The first-order valence-corrected chi connectivity index (χ1v) is 10.1. The molecule has 10 heteroatoms. The van der Waals surface area contributed by atoms with Gasteiger partial charge in [0, 0.05) is 24.4 Å². The van der Waals surface area contributed by atoms with E-state index < -0.39 is 4.92 Å². The maximum atomic E-state index is 10.8. The Balaban J connectivity index is 1.50. The molecule has 3 aromatic carbocycles. The van der Waals surface area contributed by atoms with Crippen molar-refractivity contribution in [2.75, 3.05) is 16.1 Å². The Kier molecular flexibility index (Phi) is 6.76. The normalized spacial score (nSPS) is 10.7. The van der Waals surface area contributed by atoms with Crippen LogP contribution in [0.5, 0.6) is 0 Å². The zero-order chi connectivity index (χ0) is 22.9. The van der Waals surface area contributed by atoms with Crippen molar-refractivity contribution in [2.24, 2.45) is 5.10 Å². The van der Waals surface area contributed by atoms with Crippen molar-refractivity contribution >= 4 is 35.4 Å². The summed E-state index contributed by atoms with van der Waals surface area (Å²) < 4.78 is 0. The molecule has 0 aliphatic heterocycles. The lowest BCUT2D eigenvalue weighted by atomic mass is 10.2. The molecule has 164 valence electrons. The van der Waals surface area contributed by atoms with Crippen molar-refractivity contribution in [3.05, 3.63) is 106 Å². The summed E-state index contributed by atoms with van der Waals surface area (Å²) >= 11 is 0. The van der Waals surface area contributed by atoms with E-state index in [0.29, 0.717) is 24.0 Å². The summed E-state index contributed by atoms with van der Waals surface area (Å²) in [4.78, 5) is 23.5. The number of hydrogen-bond acceptors (Lipinski definition) is 9. The molecule has 0 fully saturated rings. The van der Waals surface area contributed by atoms with E-state index >= 15 is 0 Å². The first kappa shape index (κ1) is 21.4. The summed E-state index contributed by atoms with van der Waals surface area (Å²) in [5, 5.41) is 21.3. The third-order valence-corrected chi connectivity index (χ3v) is 4.44. The predicted molar refractivity (Wildman–Crippen MR) is 128 cm³/mol. The van der Waals surface area contributed by atoms with Gasteiger partial charge >= 0.3 is 0 Å². The Morgan fingerprint density at radius 1 is 0.818 bits per heavy atom. The maximum absolute atomic E-state index is 10.8. The Morgan fingerprint density at radius 2 is 1.45 bits per heavy atom. The van der Waals surface area contributed by atoms with Crippen LogP contribution in [0.4, 0.5) is 29.2 Å². The second-order valence-corrected chi connectivity index (χ2v) is 6.86. The fourth-order valence-electron chi connectivity index (χ4n) is 2.84. The number of nitro benzene ring substituents is 1. The van der Waals surface area contributed by atoms with Crippen molar-refractivity contribution in [3.63, 3.8) is 0 Å². The van der Waals surface area contributed by atoms with Crippen molar-refractivity contribution in [3.8, 4) is 0 Å². The van der Waals surface area contributed by atoms with E-state index in [0.717, 1.165) is 11.3 Å². The number of rotatable bonds is 9. The lowest BCUT2D eigenvalue weighted by Gasteiger charge is -2.10. The summed E-state index contributed by atoms with van der Waals surface area (Å²) in [5.74, 6) is 0.956. The molecular formula is C23H20N8O2. The number of nitrogens with zero attached hydrogens (tertiary/aromatic N) is 5. The molecule has 4 rings (SSSR count). The highest BCUT2D eigenvalue weighted by molar-refractivity contribution is 5.80. The third kappa shape index (κ3) is 6.31. The summed E-state index contributed by atoms with van der Waals surface area (Å²) in [7, 11) is 0. The highest BCUT2D eigenvalue weighted by Gasteiger charge is 2.07. The molecule has 33 heavy (non-hydrogen) atoms. The van der Waals surface area contributed by atoms with Gasteiger partial charge in [0.25, 0.3) is 5.69 Å². The van der Waals surface area contributed by atoms with Gasteiger partial charge in [-0.3, -0.25) is 10.1 Å². The highest BCUT2D eigenvalue weighted by Crippen LogP contribution is 2.16. The number of aromatic nitrogens is 3. The Hall–Kier alpha value is -4.86. The molecule has 10 nitrogen and oxygen atoms in total. The van der Waals surface area contributed by atoms with Gasteiger partial charge in [-0.25, -0.2) is 5.43 Å². The minimum Gasteiger partial charge on any atom is -0.350 e. The highest BCUT2D eigenvalue weighted by atomic mass is 16.6. The minimum absolute atomic E-state index is 0.0170. The molecule has 1 aromatic heterocycles. The molecule has 0 radical (unpaired) electrons. The van der Waals surface area contributed by atoms with Crippen LogP contribution < -0.4 is 16.1 Å². The predicted octanol–water partition coefficient (Wildman–Crippen LogP) is 4.58. The van der Waals surface area contributed by atoms with Gasteiger partial charge in [-0.05, 0) is 35.4 Å². The molecule has 0 amide bonds. The molecule has 0 spiro atoms. The number of anilines is 4. The molecule has 0 unspecified atom stereocenters. The SMILES string of the molecule is O=[N+]([O-])c1ccc(C=NNc2nc(NCc3ccccc3)nc(Nc3ccccc3)n2)cc1. The number of benzene rings is 3. The summed E-state index contributed by atoms with van der Waals surface area (Å²) in [6, 6.07) is 25.5. The monoisotopic (exact) mass is 440 g/mol. The lowest BCUT2D eigenvalue weighted by Crippen LogP contribution is -2.09. The van der Waals surface area contributed by atoms with Gasteiger partial charge in [-0.15, -0.1) is 0 Å². The van der Waals surface area contributed by atoms with E-state index in [1.165, 1.54) is 18.3 Å². The number of non-ortho nitro benzene ring substituents is 1. The van der Waals surface area contributed by atoms with Crippen molar-refractivity contribution in [2.45, 2.75) is 6.54 Å². The number of para-hydroxylation sites is 1. The quantitative estimate of drug-likeness (QED) is 0.196. The molecule has 0 atom stereocenters. The van der Waals surface area contributed by atoms with Crippen molar-refractivity contribution in [1.29, 1.82) is 0 Å². The van der Waals surface area contributed by atoms with Crippen LogP contribution in [0.1, 0.15) is 11.1 Å². The fourth-order valence-corrected chi connectivity index (χ4v) is 2.84. The van der Waals surface area contributed by atoms with Crippen LogP contribution in [-0.2, 0) is 6.54 Å². The maximum Gasteiger partial charge on any atom is 0.269 e. The fraction of sp³-hybridized carbons (Fsp3) is 0.0435. The first-order chi connectivity index (χ1) is 16.2. The van der Waals surface area contributed by atoms with Crippen LogP contribution in [0, 0.1) is 10.1 Å². The van der Waals surface area contributed by atoms with Gasteiger partial charge in [0.05, 0.1) is 11.1 Å². The molecule has 3 N–H and O–H groups in total. The Labute approximate surface area is 189 Å². The second kappa shape index (κ2) is 10.4. The topological polar surface area (TPSA) is 130 Å². The van der Waals surface area contributed by atoms with E-state index in [9.17, 15) is 10.1 Å². The minimum atomic E-state index is -0.449. The van der Waals surface area contributed by atoms with E-state index in [1.54, 1.807) is 12.1 Å². The van der Waals surface area contributed by atoms with Crippen LogP contribution >= 0.6 is 0 Å². The average molecular weight is 440 g/mol. The zero-order valence-corrected chi connectivity index (χ0v) is 17.4. The van der Waals surface area contributed by atoms with Gasteiger partial charge < -0.3 is 10.6 Å². The van der Waals surface area contributed by atoms with Crippen LogP contribution in [-0.4, -0.2) is 26.1 Å². The molecule has 4 aromatic rings. The molecule has 1 heterocycles. The molecule has 0 aliphatic carbocycles. The third-order valence-electron chi connectivity index (χ3n) is 4.44. The van der Waals surface area contributed by atoms with Gasteiger partial charge in [0.1, 0.15) is 0 Å². The van der Waals surface area contributed by atoms with Crippen molar-refractivity contribution in [1.82, 2.24) is 15.0 Å². The van der Waals surface area contributed by atoms with E-state index in [-0.39, 0.29) is 11.6 Å². The number of hydrogen-bond donors (Lipinski definition) is 3. The van der Waals surface area contributed by atoms with Crippen LogP contribution in [0.3, 0.4) is 0 Å². The van der Waals surface area contributed by atoms with Gasteiger partial charge in [0.2, 0.25) is 17.8 Å². The Bertz CT molecular complexity index is 1230. The molecule has 0 bridgehead atoms. The average Bonchev–Trinajstić information content (AvgIpc) is 2.84. The smallest absolute Gasteiger partial charge is 0.269 e. The van der Waals surface area contributed by atoms with E-state index in [2.05, 4.69) is 36.1 Å². The molecule has 0 saturated carbocycles. The largest absolute Gasteiger partial charge is 0.350 e. The number of nitrogens with one attached hydrogen (secondary N) is 3. The first-order valence-electron chi connectivity index (χ1n) is 10.1. The van der Waals surface area contributed by atoms with Crippen LogP contribution in [0.2, 0.25) is 0 Å².